The smallest absolute Gasteiger partial charge is 0.234 e. The summed E-state index contributed by atoms with van der Waals surface area (Å²) >= 11 is 5.83. The zero-order chi connectivity index (χ0) is 26.9. The molecule has 2 N–H and O–H groups in total. The minimum absolute atomic E-state index is 0.307. The summed E-state index contributed by atoms with van der Waals surface area (Å²) in [6.45, 7) is 6.90. The van der Waals surface area contributed by atoms with Crippen molar-refractivity contribution < 1.29 is 13.9 Å². The fourth-order valence-corrected chi connectivity index (χ4v) is 5.41. The molecule has 0 unspecified atom stereocenters. The van der Waals surface area contributed by atoms with Crippen LogP contribution in [-0.2, 0) is 18.3 Å². The van der Waals surface area contributed by atoms with E-state index < -0.39 is 0 Å². The number of nitrogens with zero attached hydrogens (tertiary/aromatic N) is 8. The van der Waals surface area contributed by atoms with Gasteiger partial charge in [-0.3, -0.25) is 24.2 Å². The van der Waals surface area contributed by atoms with Gasteiger partial charge in [0.1, 0.15) is 30.4 Å². The van der Waals surface area contributed by atoms with E-state index in [1.54, 1.807) is 18.4 Å². The molecule has 0 saturated carbocycles. The van der Waals surface area contributed by atoms with Gasteiger partial charge < -0.3 is 18.8 Å². The molecule has 2 aliphatic heterocycles. The number of hydrogen-bond donors (Lipinski definition) is 1. The van der Waals surface area contributed by atoms with Crippen molar-refractivity contribution in [1.82, 2.24) is 23.6 Å². The number of furan rings is 1. The van der Waals surface area contributed by atoms with Gasteiger partial charge in [0.15, 0.2) is 16.3 Å². The molecule has 0 bridgehead atoms. The summed E-state index contributed by atoms with van der Waals surface area (Å²) in [5, 5.41) is 1.56. The Morgan fingerprint density at radius 1 is 1.05 bits per heavy atom. The highest BCUT2D eigenvalue weighted by Gasteiger charge is 2.30. The number of anilines is 2. The van der Waals surface area contributed by atoms with Gasteiger partial charge in [-0.2, -0.15) is 4.98 Å². The lowest BCUT2D eigenvalue weighted by Gasteiger charge is -2.36. The quantitative estimate of drug-likeness (QED) is 0.190. The van der Waals surface area contributed by atoms with E-state index in [0.717, 1.165) is 62.2 Å². The van der Waals surface area contributed by atoms with E-state index in [4.69, 9.17) is 36.9 Å². The van der Waals surface area contributed by atoms with Gasteiger partial charge in [-0.05, 0) is 48.6 Å². The molecule has 1 aromatic carbocycles. The Morgan fingerprint density at radius 3 is 2.56 bits per heavy atom. The Kier molecular flexibility index (Phi) is 7.12. The Morgan fingerprint density at radius 2 is 1.85 bits per heavy atom. The number of aromatic nitrogens is 4. The second-order valence-corrected chi connectivity index (χ2v) is 9.98. The van der Waals surface area contributed by atoms with Gasteiger partial charge in [0.2, 0.25) is 5.78 Å². The van der Waals surface area contributed by atoms with E-state index in [9.17, 15) is 0 Å². The van der Waals surface area contributed by atoms with E-state index in [1.165, 1.54) is 5.69 Å². The molecule has 6 rings (SSSR count). The molecule has 0 radical (unpaired) electrons. The Labute approximate surface area is 231 Å². The van der Waals surface area contributed by atoms with Gasteiger partial charge in [0, 0.05) is 59.1 Å². The molecule has 0 atom stereocenters. The van der Waals surface area contributed by atoms with Crippen LogP contribution >= 0.6 is 12.2 Å². The van der Waals surface area contributed by atoms with Crippen LogP contribution in [0.15, 0.2) is 52.1 Å². The van der Waals surface area contributed by atoms with Crippen molar-refractivity contribution in [3.63, 3.8) is 0 Å². The lowest BCUT2D eigenvalue weighted by atomic mass is 10.2. The van der Waals surface area contributed by atoms with Crippen LogP contribution in [-0.4, -0.2) is 89.1 Å². The predicted molar refractivity (Wildman–Crippen MR) is 151 cm³/mol. The number of piperazine rings is 1. The zero-order valence-corrected chi connectivity index (χ0v) is 23.0. The summed E-state index contributed by atoms with van der Waals surface area (Å²) in [6, 6.07) is 12.0. The second kappa shape index (κ2) is 10.8. The van der Waals surface area contributed by atoms with Crippen molar-refractivity contribution >= 4 is 35.2 Å². The van der Waals surface area contributed by atoms with Gasteiger partial charge in [0.05, 0.1) is 12.9 Å². The maximum atomic E-state index is 6.26. The summed E-state index contributed by atoms with van der Waals surface area (Å²) in [6.07, 6.45) is 1.64. The number of nitrogens with two attached hydrogens (primary N) is 1. The number of rotatable bonds is 9. The molecular weight excluding hydrogens is 518 g/mol. The first-order chi connectivity index (χ1) is 19.0. The first-order valence-corrected chi connectivity index (χ1v) is 13.4. The fraction of sp³-hybridized carbons (Fsp3) is 0.423. The zero-order valence-electron chi connectivity index (χ0n) is 22.2. The van der Waals surface area contributed by atoms with E-state index in [-0.39, 0.29) is 0 Å². The third-order valence-electron chi connectivity index (χ3n) is 7.27. The number of aryl methyl sites for hydroxylation is 1. The minimum Gasteiger partial charge on any atom is -0.491 e. The normalized spacial score (nSPS) is 16.1. The summed E-state index contributed by atoms with van der Waals surface area (Å²) in [5.74, 6) is 9.21. The monoisotopic (exact) mass is 551 g/mol. The van der Waals surface area contributed by atoms with Crippen LogP contribution in [0.5, 0.6) is 5.75 Å². The number of methoxy groups -OCH3 is 1. The third kappa shape index (κ3) is 4.82. The molecule has 1 saturated heterocycles. The number of ether oxygens (including phenoxy) is 2. The molecule has 13 heteroatoms. The van der Waals surface area contributed by atoms with Crippen molar-refractivity contribution in [1.29, 1.82) is 0 Å². The molecule has 2 aliphatic rings. The highest BCUT2D eigenvalue weighted by molar-refractivity contribution is 7.71. The molecule has 0 amide bonds. The standard InChI is InChI=1S/C26H33N9O3S/c1-30-26(39)33(25-29-24-23(35(25)30)22(28-18-34(24)27)21-4-3-15-38-21)14-11-31-9-12-32(13-10-31)19-5-7-20(8-6-19)37-17-16-36-2/h3-8,15H,9-14,16-18,27H2,1-2H3. The molecule has 206 valence electrons. The van der Waals surface area contributed by atoms with Crippen molar-refractivity contribution in [3.05, 3.63) is 58.9 Å². The molecule has 5 heterocycles. The first kappa shape index (κ1) is 25.6. The van der Waals surface area contributed by atoms with E-state index in [2.05, 4.69) is 31.5 Å². The molecule has 0 spiro atoms. The maximum Gasteiger partial charge on any atom is 0.234 e. The number of benzene rings is 1. The maximum absolute atomic E-state index is 6.26. The summed E-state index contributed by atoms with van der Waals surface area (Å²) in [5.41, 5.74) is 2.71. The molecule has 4 aromatic rings. The van der Waals surface area contributed by atoms with Crippen molar-refractivity contribution in [2.75, 3.05) is 69.6 Å². The van der Waals surface area contributed by atoms with Crippen LogP contribution in [0.2, 0.25) is 0 Å². The predicted octanol–water partition coefficient (Wildman–Crippen LogP) is 2.13. The number of imidazole rings is 1. The Balaban J connectivity index is 1.14. The highest BCUT2D eigenvalue weighted by Crippen LogP contribution is 2.28. The van der Waals surface area contributed by atoms with Crippen LogP contribution in [0.1, 0.15) is 11.5 Å². The van der Waals surface area contributed by atoms with E-state index in [0.29, 0.717) is 36.2 Å². The Hall–Kier alpha value is -3.65. The largest absolute Gasteiger partial charge is 0.491 e. The van der Waals surface area contributed by atoms with Crippen molar-refractivity contribution in [2.45, 2.75) is 6.54 Å². The SMILES string of the molecule is COCCOc1ccc(N2CCN(CCn3c(=S)n(C)n4c5c(nc34)N(N)CN=C5c3ccco3)CC2)cc1. The van der Waals surface area contributed by atoms with Gasteiger partial charge in [-0.1, -0.05) is 0 Å². The topological polar surface area (TPSA) is 107 Å². The van der Waals surface area contributed by atoms with Crippen LogP contribution in [0, 0.1) is 4.77 Å². The first-order valence-electron chi connectivity index (χ1n) is 13.0. The molecular formula is C26H33N9O3S. The van der Waals surface area contributed by atoms with E-state index in [1.807, 2.05) is 40.5 Å². The van der Waals surface area contributed by atoms with Gasteiger partial charge in [0.25, 0.3) is 0 Å². The number of hydrogen-bond acceptors (Lipinski definition) is 10. The molecule has 3 aromatic heterocycles. The van der Waals surface area contributed by atoms with Crippen molar-refractivity contribution in [2.24, 2.45) is 17.9 Å². The van der Waals surface area contributed by atoms with Gasteiger partial charge in [-0.25, -0.2) is 10.4 Å². The lowest BCUT2D eigenvalue weighted by Crippen LogP contribution is -2.47. The highest BCUT2D eigenvalue weighted by atomic mass is 32.1. The average Bonchev–Trinajstić information content (AvgIpc) is 3.68. The molecule has 39 heavy (non-hydrogen) atoms. The minimum atomic E-state index is 0.307. The average molecular weight is 552 g/mol. The molecule has 12 nitrogen and oxygen atoms in total. The van der Waals surface area contributed by atoms with Crippen LogP contribution in [0.4, 0.5) is 11.5 Å². The van der Waals surface area contributed by atoms with Crippen LogP contribution in [0.25, 0.3) is 5.78 Å². The summed E-state index contributed by atoms with van der Waals surface area (Å²) < 4.78 is 23.1. The lowest BCUT2D eigenvalue weighted by molar-refractivity contribution is 0.146. The number of hydrazine groups is 1. The third-order valence-corrected chi connectivity index (χ3v) is 7.76. The molecule has 1 fully saturated rings. The van der Waals surface area contributed by atoms with Crippen LogP contribution in [0.3, 0.4) is 0 Å². The number of aliphatic imine (C=N–C) groups is 1. The van der Waals surface area contributed by atoms with Gasteiger partial charge in [-0.15, -0.1) is 0 Å². The number of fused-ring (bicyclic) bond motifs is 3. The molecule has 0 aliphatic carbocycles. The van der Waals surface area contributed by atoms with Crippen LogP contribution < -0.4 is 20.5 Å². The summed E-state index contributed by atoms with van der Waals surface area (Å²) in [7, 11) is 3.61. The summed E-state index contributed by atoms with van der Waals surface area (Å²) in [4.78, 5) is 14.4. The fourth-order valence-electron chi connectivity index (χ4n) is 5.16. The Bertz CT molecular complexity index is 1510. The van der Waals surface area contributed by atoms with Gasteiger partial charge >= 0.3 is 0 Å². The second-order valence-electron chi connectivity index (χ2n) is 9.61. The van der Waals surface area contributed by atoms with E-state index >= 15 is 0 Å². The van der Waals surface area contributed by atoms with Crippen molar-refractivity contribution in [3.8, 4) is 5.75 Å².